The number of hydrogen-bond donors (Lipinski definition) is 1. The van der Waals surface area contributed by atoms with Gasteiger partial charge in [0, 0.05) is 5.39 Å². The maximum absolute atomic E-state index is 11.2. The Morgan fingerprint density at radius 3 is 2.81 bits per heavy atom. The second-order valence-corrected chi connectivity index (χ2v) is 5.76. The number of benzene rings is 1. The van der Waals surface area contributed by atoms with Gasteiger partial charge in [-0.25, -0.2) is 9.78 Å². The second-order valence-electron chi connectivity index (χ2n) is 5.76. The van der Waals surface area contributed by atoms with Crippen molar-refractivity contribution < 1.29 is 14.6 Å². The maximum atomic E-state index is 11.2. The molecule has 1 fully saturated rings. The number of rotatable bonds is 3. The summed E-state index contributed by atoms with van der Waals surface area (Å²) in [5.74, 6) is -0.0978. The number of fused-ring (bicyclic) bond motifs is 1. The first kappa shape index (κ1) is 13.9. The standard InChI is InChI=1S/C17H19NO3/c1-11-6-2-5-9-15(11)21-16-13-8-4-3-7-12(13)10-14(18-16)17(19)20/h3-4,7-8,10-11,15H,2,5-6,9H2,1H3,(H,19,20). The Balaban J connectivity index is 2.01. The smallest absolute Gasteiger partial charge is 0.354 e. The van der Waals surface area contributed by atoms with Gasteiger partial charge in [-0.05, 0) is 42.7 Å². The van der Waals surface area contributed by atoms with Gasteiger partial charge in [0.25, 0.3) is 0 Å². The molecule has 2 atom stereocenters. The molecular weight excluding hydrogens is 266 g/mol. The second kappa shape index (κ2) is 5.72. The van der Waals surface area contributed by atoms with Crippen LogP contribution in [-0.2, 0) is 0 Å². The minimum atomic E-state index is -1.03. The number of carboxylic acids is 1. The molecule has 1 aromatic heterocycles. The lowest BCUT2D eigenvalue weighted by atomic mass is 9.88. The summed E-state index contributed by atoms with van der Waals surface area (Å²) in [6.45, 7) is 2.19. The number of aromatic carboxylic acids is 1. The minimum absolute atomic E-state index is 0.0344. The summed E-state index contributed by atoms with van der Waals surface area (Å²) in [5.41, 5.74) is 0.0344. The fourth-order valence-electron chi connectivity index (χ4n) is 2.97. The third kappa shape index (κ3) is 2.84. The molecule has 2 unspecified atom stereocenters. The van der Waals surface area contributed by atoms with Crippen LogP contribution in [0.2, 0.25) is 0 Å². The van der Waals surface area contributed by atoms with Gasteiger partial charge >= 0.3 is 5.97 Å². The molecule has 1 heterocycles. The van der Waals surface area contributed by atoms with Gasteiger partial charge in [-0.1, -0.05) is 31.5 Å². The van der Waals surface area contributed by atoms with Gasteiger partial charge in [0.1, 0.15) is 6.10 Å². The summed E-state index contributed by atoms with van der Waals surface area (Å²) in [5, 5.41) is 10.9. The van der Waals surface area contributed by atoms with Crippen molar-refractivity contribution >= 4 is 16.7 Å². The topological polar surface area (TPSA) is 59.4 Å². The zero-order chi connectivity index (χ0) is 14.8. The molecule has 3 rings (SSSR count). The van der Waals surface area contributed by atoms with Crippen molar-refractivity contribution in [1.29, 1.82) is 0 Å². The molecule has 0 bridgehead atoms. The number of pyridine rings is 1. The number of ether oxygens (including phenoxy) is 1. The maximum Gasteiger partial charge on any atom is 0.354 e. The van der Waals surface area contributed by atoms with Crippen LogP contribution < -0.4 is 4.74 Å². The molecule has 0 radical (unpaired) electrons. The first-order valence-corrected chi connectivity index (χ1v) is 7.45. The molecule has 0 saturated heterocycles. The van der Waals surface area contributed by atoms with Crippen molar-refractivity contribution in [3.63, 3.8) is 0 Å². The van der Waals surface area contributed by atoms with Crippen LogP contribution in [-0.4, -0.2) is 22.2 Å². The summed E-state index contributed by atoms with van der Waals surface area (Å²) in [6, 6.07) is 9.22. The molecule has 1 aliphatic carbocycles. The summed E-state index contributed by atoms with van der Waals surface area (Å²) in [7, 11) is 0. The normalized spacial score (nSPS) is 22.1. The number of hydrogen-bond acceptors (Lipinski definition) is 3. The van der Waals surface area contributed by atoms with Gasteiger partial charge in [-0.2, -0.15) is 0 Å². The van der Waals surface area contributed by atoms with Crippen molar-refractivity contribution in [2.45, 2.75) is 38.7 Å². The van der Waals surface area contributed by atoms with Crippen molar-refractivity contribution in [2.24, 2.45) is 5.92 Å². The third-order valence-electron chi connectivity index (χ3n) is 4.22. The molecule has 1 aliphatic rings. The molecular formula is C17H19NO3. The van der Waals surface area contributed by atoms with E-state index in [1.54, 1.807) is 6.07 Å². The van der Waals surface area contributed by atoms with Crippen LogP contribution in [0.5, 0.6) is 5.88 Å². The molecule has 0 aliphatic heterocycles. The van der Waals surface area contributed by atoms with E-state index < -0.39 is 5.97 Å². The monoisotopic (exact) mass is 285 g/mol. The van der Waals surface area contributed by atoms with Crippen LogP contribution in [0, 0.1) is 5.92 Å². The lowest BCUT2D eigenvalue weighted by molar-refractivity contribution is 0.0684. The fourth-order valence-corrected chi connectivity index (χ4v) is 2.97. The lowest BCUT2D eigenvalue weighted by Crippen LogP contribution is -2.28. The molecule has 1 saturated carbocycles. The van der Waals surface area contributed by atoms with Gasteiger partial charge in [0.2, 0.25) is 5.88 Å². The van der Waals surface area contributed by atoms with Crippen molar-refractivity contribution in [1.82, 2.24) is 4.98 Å². The molecule has 1 aromatic carbocycles. The Bertz CT molecular complexity index is 668. The number of nitrogens with zero attached hydrogens (tertiary/aromatic N) is 1. The molecule has 4 heteroatoms. The quantitative estimate of drug-likeness (QED) is 0.929. The summed E-state index contributed by atoms with van der Waals surface area (Å²) in [4.78, 5) is 15.4. The predicted molar refractivity (Wildman–Crippen MR) is 80.8 cm³/mol. The molecule has 21 heavy (non-hydrogen) atoms. The number of carboxylic acid groups (broad SMARTS) is 1. The summed E-state index contributed by atoms with van der Waals surface area (Å²) in [6.07, 6.45) is 4.68. The molecule has 2 aromatic rings. The van der Waals surface area contributed by atoms with E-state index in [0.717, 1.165) is 30.0 Å². The average molecular weight is 285 g/mol. The Labute approximate surface area is 123 Å². The van der Waals surface area contributed by atoms with E-state index in [0.29, 0.717) is 11.8 Å². The zero-order valence-corrected chi connectivity index (χ0v) is 12.1. The Morgan fingerprint density at radius 1 is 1.29 bits per heavy atom. The number of carbonyl (C=O) groups is 1. The van der Waals surface area contributed by atoms with E-state index in [2.05, 4.69) is 11.9 Å². The Hall–Kier alpha value is -2.10. The van der Waals surface area contributed by atoms with Crippen LogP contribution in [0.4, 0.5) is 0 Å². The highest BCUT2D eigenvalue weighted by Gasteiger charge is 2.24. The van der Waals surface area contributed by atoms with Gasteiger partial charge in [-0.15, -0.1) is 0 Å². The largest absolute Gasteiger partial charge is 0.477 e. The lowest BCUT2D eigenvalue weighted by Gasteiger charge is -2.29. The highest BCUT2D eigenvalue weighted by molar-refractivity contribution is 5.94. The van der Waals surface area contributed by atoms with E-state index in [1.807, 2.05) is 24.3 Å². The van der Waals surface area contributed by atoms with E-state index in [9.17, 15) is 9.90 Å². The van der Waals surface area contributed by atoms with Crippen LogP contribution in [0.1, 0.15) is 43.1 Å². The summed E-state index contributed by atoms with van der Waals surface area (Å²) < 4.78 is 6.10. The molecule has 0 spiro atoms. The van der Waals surface area contributed by atoms with Gasteiger partial charge in [-0.3, -0.25) is 0 Å². The highest BCUT2D eigenvalue weighted by atomic mass is 16.5. The van der Waals surface area contributed by atoms with Gasteiger partial charge < -0.3 is 9.84 Å². The van der Waals surface area contributed by atoms with Crippen LogP contribution >= 0.6 is 0 Å². The first-order chi connectivity index (χ1) is 10.1. The molecule has 1 N–H and O–H groups in total. The predicted octanol–water partition coefficient (Wildman–Crippen LogP) is 3.89. The molecule has 4 nitrogen and oxygen atoms in total. The van der Waals surface area contributed by atoms with Crippen molar-refractivity contribution in [3.8, 4) is 5.88 Å². The number of aromatic nitrogens is 1. The van der Waals surface area contributed by atoms with E-state index in [4.69, 9.17) is 4.74 Å². The molecule has 110 valence electrons. The fraction of sp³-hybridized carbons (Fsp3) is 0.412. The van der Waals surface area contributed by atoms with Gasteiger partial charge in [0.15, 0.2) is 5.69 Å². The zero-order valence-electron chi connectivity index (χ0n) is 12.1. The van der Waals surface area contributed by atoms with Crippen LogP contribution in [0.25, 0.3) is 10.8 Å². The summed E-state index contributed by atoms with van der Waals surface area (Å²) >= 11 is 0. The van der Waals surface area contributed by atoms with Crippen molar-refractivity contribution in [3.05, 3.63) is 36.0 Å². The van der Waals surface area contributed by atoms with E-state index in [-0.39, 0.29) is 11.8 Å². The average Bonchev–Trinajstić information content (AvgIpc) is 2.49. The van der Waals surface area contributed by atoms with Gasteiger partial charge in [0.05, 0.1) is 0 Å². The van der Waals surface area contributed by atoms with E-state index >= 15 is 0 Å². The van der Waals surface area contributed by atoms with Crippen molar-refractivity contribution in [2.75, 3.05) is 0 Å². The first-order valence-electron chi connectivity index (χ1n) is 7.45. The van der Waals surface area contributed by atoms with Crippen LogP contribution in [0.15, 0.2) is 30.3 Å². The van der Waals surface area contributed by atoms with E-state index in [1.165, 1.54) is 6.42 Å². The minimum Gasteiger partial charge on any atom is -0.477 e. The highest BCUT2D eigenvalue weighted by Crippen LogP contribution is 2.31. The third-order valence-corrected chi connectivity index (χ3v) is 4.22. The SMILES string of the molecule is CC1CCCCC1Oc1nc(C(=O)O)cc2ccccc12. The molecule has 0 amide bonds. The van der Waals surface area contributed by atoms with Crippen LogP contribution in [0.3, 0.4) is 0 Å². The Morgan fingerprint density at radius 2 is 2.05 bits per heavy atom. The Kier molecular flexibility index (Phi) is 3.78.